The second-order valence-electron chi connectivity index (χ2n) is 2.65. The fourth-order valence-corrected chi connectivity index (χ4v) is 2.14. The van der Waals surface area contributed by atoms with Gasteiger partial charge in [0.25, 0.3) is 0 Å². The third kappa shape index (κ3) is 1.62. The smallest absolute Gasteiger partial charge is 0.187 e. The predicted molar refractivity (Wildman–Crippen MR) is 53.1 cm³/mol. The van der Waals surface area contributed by atoms with E-state index in [1.807, 2.05) is 0 Å². The highest BCUT2D eigenvalue weighted by atomic mass is 35.5. The molecule has 0 spiro atoms. The van der Waals surface area contributed by atoms with Crippen molar-refractivity contribution in [1.82, 2.24) is 4.98 Å². The van der Waals surface area contributed by atoms with Gasteiger partial charge >= 0.3 is 0 Å². The van der Waals surface area contributed by atoms with Crippen molar-refractivity contribution in [3.05, 3.63) is 22.7 Å². The molecule has 1 aromatic heterocycles. The van der Waals surface area contributed by atoms with Crippen LogP contribution in [0.4, 0.5) is 5.13 Å². The van der Waals surface area contributed by atoms with Crippen LogP contribution in [-0.4, -0.2) is 18.1 Å². The van der Waals surface area contributed by atoms with Crippen LogP contribution in [0.2, 0.25) is 4.34 Å². The van der Waals surface area contributed by atoms with Crippen molar-refractivity contribution in [1.29, 1.82) is 0 Å². The average molecular weight is 201 g/mol. The highest BCUT2D eigenvalue weighted by Crippen LogP contribution is 2.26. The van der Waals surface area contributed by atoms with Crippen LogP contribution in [0, 0.1) is 0 Å². The van der Waals surface area contributed by atoms with E-state index in [9.17, 15) is 0 Å². The Kier molecular flexibility index (Phi) is 2.33. The van der Waals surface area contributed by atoms with Gasteiger partial charge in [-0.1, -0.05) is 35.1 Å². The van der Waals surface area contributed by atoms with Gasteiger partial charge in [-0.25, -0.2) is 4.98 Å². The summed E-state index contributed by atoms with van der Waals surface area (Å²) in [6.45, 7) is 2.02. The van der Waals surface area contributed by atoms with Gasteiger partial charge in [0.15, 0.2) is 5.13 Å². The molecule has 0 bridgehead atoms. The number of anilines is 1. The van der Waals surface area contributed by atoms with Gasteiger partial charge in [0, 0.05) is 13.1 Å². The molecule has 1 aromatic rings. The minimum absolute atomic E-state index is 0.763. The summed E-state index contributed by atoms with van der Waals surface area (Å²) in [6.07, 6.45) is 7.18. The van der Waals surface area contributed by atoms with E-state index >= 15 is 0 Å². The van der Waals surface area contributed by atoms with Crippen LogP contribution in [0.1, 0.15) is 6.42 Å². The molecule has 4 heteroatoms. The minimum Gasteiger partial charge on any atom is -0.344 e. The van der Waals surface area contributed by atoms with Gasteiger partial charge in [0.05, 0.1) is 6.20 Å². The Morgan fingerprint density at radius 1 is 1.50 bits per heavy atom. The van der Waals surface area contributed by atoms with Crippen LogP contribution < -0.4 is 4.90 Å². The van der Waals surface area contributed by atoms with E-state index in [4.69, 9.17) is 11.6 Å². The quantitative estimate of drug-likeness (QED) is 0.648. The molecule has 1 aliphatic rings. The van der Waals surface area contributed by atoms with E-state index in [1.165, 1.54) is 0 Å². The van der Waals surface area contributed by atoms with Gasteiger partial charge in [-0.2, -0.15) is 0 Å². The lowest BCUT2D eigenvalue weighted by atomic mass is 10.3. The Morgan fingerprint density at radius 2 is 2.42 bits per heavy atom. The Hall–Kier alpha value is -0.540. The molecule has 0 unspecified atom stereocenters. The van der Waals surface area contributed by atoms with E-state index in [1.54, 1.807) is 17.5 Å². The van der Waals surface area contributed by atoms with E-state index < -0.39 is 0 Å². The molecule has 0 N–H and O–H groups in total. The first-order valence-corrected chi connectivity index (χ1v) is 5.07. The van der Waals surface area contributed by atoms with Crippen molar-refractivity contribution >= 4 is 28.1 Å². The molecule has 0 saturated heterocycles. The van der Waals surface area contributed by atoms with Gasteiger partial charge in [-0.15, -0.1) is 0 Å². The number of hydrogen-bond donors (Lipinski definition) is 0. The Morgan fingerprint density at radius 3 is 3.00 bits per heavy atom. The highest BCUT2D eigenvalue weighted by Gasteiger charge is 2.10. The van der Waals surface area contributed by atoms with Crippen molar-refractivity contribution in [2.24, 2.45) is 0 Å². The number of halogens is 1. The van der Waals surface area contributed by atoms with E-state index in [-0.39, 0.29) is 0 Å². The molecule has 1 aliphatic heterocycles. The summed E-state index contributed by atoms with van der Waals surface area (Å²) in [7, 11) is 0. The molecule has 2 rings (SSSR count). The van der Waals surface area contributed by atoms with Crippen LogP contribution in [0.15, 0.2) is 18.3 Å². The summed E-state index contributed by atoms with van der Waals surface area (Å²) in [4.78, 5) is 6.45. The normalized spacial score (nSPS) is 16.9. The highest BCUT2D eigenvalue weighted by molar-refractivity contribution is 7.19. The molecular formula is C8H9ClN2S. The first-order chi connectivity index (χ1) is 5.86. The molecule has 2 heterocycles. The van der Waals surface area contributed by atoms with Crippen LogP contribution in [0.3, 0.4) is 0 Å². The predicted octanol–water partition coefficient (Wildman–Crippen LogP) is 2.56. The zero-order valence-corrected chi connectivity index (χ0v) is 8.11. The summed E-state index contributed by atoms with van der Waals surface area (Å²) in [5, 5.41) is 1.03. The maximum Gasteiger partial charge on any atom is 0.187 e. The Balaban J connectivity index is 2.14. The molecule has 12 heavy (non-hydrogen) atoms. The fraction of sp³-hybridized carbons (Fsp3) is 0.375. The second kappa shape index (κ2) is 3.46. The SMILES string of the molecule is Clc1cnc(N2CC=CCC2)s1. The molecule has 0 aliphatic carbocycles. The fourth-order valence-electron chi connectivity index (χ4n) is 1.21. The summed E-state index contributed by atoms with van der Waals surface area (Å²) >= 11 is 7.33. The van der Waals surface area contributed by atoms with Gasteiger partial charge in [0.2, 0.25) is 0 Å². The lowest BCUT2D eigenvalue weighted by molar-refractivity contribution is 0.816. The maximum atomic E-state index is 5.79. The lowest BCUT2D eigenvalue weighted by Crippen LogP contribution is -2.26. The molecular weight excluding hydrogens is 192 g/mol. The largest absolute Gasteiger partial charge is 0.344 e. The summed E-state index contributed by atoms with van der Waals surface area (Å²) in [5.74, 6) is 0. The molecule has 0 atom stereocenters. The van der Waals surface area contributed by atoms with Crippen molar-refractivity contribution < 1.29 is 0 Å². The second-order valence-corrected chi connectivity index (χ2v) is 4.29. The molecule has 64 valence electrons. The van der Waals surface area contributed by atoms with E-state index in [2.05, 4.69) is 22.0 Å². The maximum absolute atomic E-state index is 5.79. The Labute approximate surface area is 80.5 Å². The van der Waals surface area contributed by atoms with E-state index in [0.29, 0.717) is 0 Å². The molecule has 2 nitrogen and oxygen atoms in total. The van der Waals surface area contributed by atoms with Crippen molar-refractivity contribution in [3.63, 3.8) is 0 Å². The zero-order chi connectivity index (χ0) is 8.39. The van der Waals surface area contributed by atoms with Crippen LogP contribution in [0.5, 0.6) is 0 Å². The number of nitrogens with zero attached hydrogens (tertiary/aromatic N) is 2. The summed E-state index contributed by atoms with van der Waals surface area (Å²) < 4.78 is 0.763. The first kappa shape index (κ1) is 8.08. The van der Waals surface area contributed by atoms with Gasteiger partial charge in [0.1, 0.15) is 4.34 Å². The monoisotopic (exact) mass is 200 g/mol. The van der Waals surface area contributed by atoms with Crippen LogP contribution in [0.25, 0.3) is 0 Å². The number of rotatable bonds is 1. The van der Waals surface area contributed by atoms with Crippen molar-refractivity contribution in [2.75, 3.05) is 18.0 Å². The summed E-state index contributed by atoms with van der Waals surface area (Å²) in [5.41, 5.74) is 0. The lowest BCUT2D eigenvalue weighted by Gasteiger charge is -2.21. The average Bonchev–Trinajstić information content (AvgIpc) is 2.54. The van der Waals surface area contributed by atoms with Crippen molar-refractivity contribution in [2.45, 2.75) is 6.42 Å². The summed E-state index contributed by atoms with van der Waals surface area (Å²) in [6, 6.07) is 0. The first-order valence-electron chi connectivity index (χ1n) is 3.87. The van der Waals surface area contributed by atoms with Gasteiger partial charge < -0.3 is 4.90 Å². The zero-order valence-electron chi connectivity index (χ0n) is 6.53. The molecule has 0 amide bonds. The minimum atomic E-state index is 0.763. The molecule has 0 aromatic carbocycles. The van der Waals surface area contributed by atoms with Crippen LogP contribution in [-0.2, 0) is 0 Å². The third-order valence-corrected chi connectivity index (χ3v) is 2.97. The van der Waals surface area contributed by atoms with E-state index in [0.717, 1.165) is 29.0 Å². The van der Waals surface area contributed by atoms with Crippen molar-refractivity contribution in [3.8, 4) is 0 Å². The standard InChI is InChI=1S/C8H9ClN2S/c9-7-6-10-8(12-7)11-4-2-1-3-5-11/h1-2,6H,3-5H2. The van der Waals surface area contributed by atoms with Crippen LogP contribution >= 0.6 is 22.9 Å². The number of aromatic nitrogens is 1. The molecule has 0 radical (unpaired) electrons. The topological polar surface area (TPSA) is 16.1 Å². The number of thiazole rings is 1. The molecule has 0 fully saturated rings. The van der Waals surface area contributed by atoms with Gasteiger partial charge in [-0.3, -0.25) is 0 Å². The van der Waals surface area contributed by atoms with Gasteiger partial charge in [-0.05, 0) is 6.42 Å². The number of hydrogen-bond acceptors (Lipinski definition) is 3. The third-order valence-electron chi connectivity index (χ3n) is 1.79. The molecule has 0 saturated carbocycles. The Bertz CT molecular complexity index is 295.